The Morgan fingerprint density at radius 1 is 1.30 bits per heavy atom. The summed E-state index contributed by atoms with van der Waals surface area (Å²) >= 11 is 0. The van der Waals surface area contributed by atoms with Crippen molar-refractivity contribution in [2.24, 2.45) is 0 Å². The van der Waals surface area contributed by atoms with Crippen molar-refractivity contribution >= 4 is 29.9 Å². The van der Waals surface area contributed by atoms with Crippen molar-refractivity contribution in [1.82, 2.24) is 10.2 Å². The van der Waals surface area contributed by atoms with Crippen LogP contribution >= 0.6 is 12.4 Å². The van der Waals surface area contributed by atoms with E-state index in [9.17, 15) is 9.59 Å². The van der Waals surface area contributed by atoms with E-state index in [2.05, 4.69) is 18.3 Å². The standard InChI is InChI=1S/C17H23N3O2.ClH/c1-13-12-18-9-11-19(13)17(22)8-10-20-15-5-3-2-4-14(15)6-7-16(20)21;/h2-5,13,18H,6-12H2,1H3;1H/t13-;/m1./s1. The lowest BCUT2D eigenvalue weighted by atomic mass is 10.0. The molecule has 2 aliphatic heterocycles. The number of aryl methyl sites for hydroxylation is 1. The molecule has 0 aliphatic carbocycles. The predicted octanol–water partition coefficient (Wildman–Crippen LogP) is 1.60. The van der Waals surface area contributed by atoms with Gasteiger partial charge in [0.2, 0.25) is 11.8 Å². The number of fused-ring (bicyclic) bond motifs is 1. The normalized spacial score (nSPS) is 20.7. The van der Waals surface area contributed by atoms with Gasteiger partial charge in [-0.15, -0.1) is 12.4 Å². The maximum absolute atomic E-state index is 12.4. The zero-order valence-corrected chi connectivity index (χ0v) is 14.3. The van der Waals surface area contributed by atoms with Crippen LogP contribution in [0.3, 0.4) is 0 Å². The van der Waals surface area contributed by atoms with Crippen LogP contribution in [0.2, 0.25) is 0 Å². The summed E-state index contributed by atoms with van der Waals surface area (Å²) in [6, 6.07) is 8.22. The van der Waals surface area contributed by atoms with Gasteiger partial charge in [0.25, 0.3) is 0 Å². The van der Waals surface area contributed by atoms with Crippen LogP contribution in [0.4, 0.5) is 5.69 Å². The third kappa shape index (κ3) is 3.85. The van der Waals surface area contributed by atoms with Crippen molar-refractivity contribution in [3.63, 3.8) is 0 Å². The van der Waals surface area contributed by atoms with Crippen LogP contribution in [0.5, 0.6) is 0 Å². The SMILES string of the molecule is C[C@@H]1CNCCN1C(=O)CCN1C(=O)CCc2ccccc21.Cl. The van der Waals surface area contributed by atoms with E-state index in [1.807, 2.05) is 23.1 Å². The molecule has 0 spiro atoms. The van der Waals surface area contributed by atoms with Crippen molar-refractivity contribution in [1.29, 1.82) is 0 Å². The highest BCUT2D eigenvalue weighted by Crippen LogP contribution is 2.27. The van der Waals surface area contributed by atoms with Gasteiger partial charge in [-0.1, -0.05) is 18.2 Å². The minimum atomic E-state index is 0. The second-order valence-corrected chi connectivity index (χ2v) is 6.06. The zero-order chi connectivity index (χ0) is 15.5. The Morgan fingerprint density at radius 2 is 2.09 bits per heavy atom. The Kier molecular flexibility index (Phi) is 6.02. The number of hydrogen-bond donors (Lipinski definition) is 1. The van der Waals surface area contributed by atoms with Crippen molar-refractivity contribution in [2.45, 2.75) is 32.2 Å². The highest BCUT2D eigenvalue weighted by molar-refractivity contribution is 5.97. The molecule has 1 fully saturated rings. The van der Waals surface area contributed by atoms with Crippen LogP contribution in [0.15, 0.2) is 24.3 Å². The fourth-order valence-electron chi connectivity index (χ4n) is 3.30. The predicted molar refractivity (Wildman–Crippen MR) is 93.0 cm³/mol. The summed E-state index contributed by atoms with van der Waals surface area (Å²) in [7, 11) is 0. The van der Waals surface area contributed by atoms with Crippen LogP contribution in [-0.2, 0) is 16.0 Å². The summed E-state index contributed by atoms with van der Waals surface area (Å²) in [5, 5.41) is 3.29. The van der Waals surface area contributed by atoms with Crippen molar-refractivity contribution in [3.05, 3.63) is 29.8 Å². The second kappa shape index (κ2) is 7.79. The topological polar surface area (TPSA) is 52.7 Å². The third-order valence-electron chi connectivity index (χ3n) is 4.56. The summed E-state index contributed by atoms with van der Waals surface area (Å²) in [4.78, 5) is 28.3. The van der Waals surface area contributed by atoms with Gasteiger partial charge in [0.15, 0.2) is 0 Å². The van der Waals surface area contributed by atoms with Crippen LogP contribution in [-0.4, -0.2) is 48.9 Å². The highest BCUT2D eigenvalue weighted by Gasteiger charge is 2.27. The fraction of sp³-hybridized carbons (Fsp3) is 0.529. The lowest BCUT2D eigenvalue weighted by molar-refractivity contribution is -0.133. The lowest BCUT2D eigenvalue weighted by Crippen LogP contribution is -2.52. The monoisotopic (exact) mass is 337 g/mol. The molecule has 1 atom stereocenters. The molecule has 1 aromatic carbocycles. The lowest BCUT2D eigenvalue weighted by Gasteiger charge is -2.35. The number of halogens is 1. The Hall–Kier alpha value is -1.59. The molecule has 3 rings (SSSR count). The second-order valence-electron chi connectivity index (χ2n) is 6.06. The Morgan fingerprint density at radius 3 is 2.87 bits per heavy atom. The first kappa shape index (κ1) is 17.8. The van der Waals surface area contributed by atoms with Crippen molar-refractivity contribution in [3.8, 4) is 0 Å². The number of nitrogens with one attached hydrogen (secondary N) is 1. The molecule has 2 aliphatic rings. The number of carbonyl (C=O) groups excluding carboxylic acids is 2. The van der Waals surface area contributed by atoms with Crippen LogP contribution in [0, 0.1) is 0 Å². The number of nitrogens with zero attached hydrogens (tertiary/aromatic N) is 2. The molecule has 0 saturated carbocycles. The average molecular weight is 338 g/mol. The molecule has 0 bridgehead atoms. The van der Waals surface area contributed by atoms with Gasteiger partial charge in [0.05, 0.1) is 0 Å². The van der Waals surface area contributed by atoms with Gasteiger partial charge in [-0.05, 0) is 25.0 Å². The van der Waals surface area contributed by atoms with E-state index in [4.69, 9.17) is 0 Å². The fourth-order valence-corrected chi connectivity index (χ4v) is 3.30. The van der Waals surface area contributed by atoms with E-state index in [0.29, 0.717) is 19.4 Å². The number of piperazine rings is 1. The van der Waals surface area contributed by atoms with Gasteiger partial charge >= 0.3 is 0 Å². The average Bonchev–Trinajstić information content (AvgIpc) is 2.54. The molecule has 6 heteroatoms. The van der Waals surface area contributed by atoms with E-state index in [0.717, 1.165) is 31.7 Å². The first-order valence-electron chi connectivity index (χ1n) is 8.05. The summed E-state index contributed by atoms with van der Waals surface area (Å²) in [5.41, 5.74) is 2.17. The first-order valence-corrected chi connectivity index (χ1v) is 8.05. The minimum absolute atomic E-state index is 0. The van der Waals surface area contributed by atoms with Gasteiger partial charge in [-0.25, -0.2) is 0 Å². The number of carbonyl (C=O) groups is 2. The van der Waals surface area contributed by atoms with Crippen LogP contribution < -0.4 is 10.2 Å². The summed E-state index contributed by atoms with van der Waals surface area (Å²) in [5.74, 6) is 0.268. The molecule has 5 nitrogen and oxygen atoms in total. The molecule has 2 amide bonds. The van der Waals surface area contributed by atoms with Gasteiger partial charge in [-0.3, -0.25) is 9.59 Å². The molecule has 0 unspecified atom stereocenters. The number of benzene rings is 1. The minimum Gasteiger partial charge on any atom is -0.337 e. The quantitative estimate of drug-likeness (QED) is 0.911. The van der Waals surface area contributed by atoms with E-state index in [1.54, 1.807) is 4.90 Å². The maximum atomic E-state index is 12.4. The molecule has 0 radical (unpaired) electrons. The van der Waals surface area contributed by atoms with E-state index in [1.165, 1.54) is 5.56 Å². The van der Waals surface area contributed by atoms with Crippen LogP contribution in [0.1, 0.15) is 25.3 Å². The number of hydrogen-bond acceptors (Lipinski definition) is 3. The number of para-hydroxylation sites is 1. The van der Waals surface area contributed by atoms with Gasteiger partial charge < -0.3 is 15.1 Å². The summed E-state index contributed by atoms with van der Waals surface area (Å²) in [6.07, 6.45) is 1.73. The molecule has 2 heterocycles. The van der Waals surface area contributed by atoms with Crippen LogP contribution in [0.25, 0.3) is 0 Å². The Bertz CT molecular complexity index is 579. The number of rotatable bonds is 3. The molecule has 1 N–H and O–H groups in total. The van der Waals surface area contributed by atoms with Crippen molar-refractivity contribution < 1.29 is 9.59 Å². The van der Waals surface area contributed by atoms with Crippen molar-refractivity contribution in [2.75, 3.05) is 31.1 Å². The largest absolute Gasteiger partial charge is 0.337 e. The maximum Gasteiger partial charge on any atom is 0.227 e. The third-order valence-corrected chi connectivity index (χ3v) is 4.56. The summed E-state index contributed by atoms with van der Waals surface area (Å²) < 4.78 is 0. The van der Waals surface area contributed by atoms with E-state index in [-0.39, 0.29) is 30.3 Å². The molecular formula is C17H24ClN3O2. The molecular weight excluding hydrogens is 314 g/mol. The molecule has 0 aromatic heterocycles. The summed E-state index contributed by atoms with van der Waals surface area (Å²) in [6.45, 7) is 4.99. The highest BCUT2D eigenvalue weighted by atomic mass is 35.5. The number of anilines is 1. The van der Waals surface area contributed by atoms with Gasteiger partial charge in [-0.2, -0.15) is 0 Å². The van der Waals surface area contributed by atoms with E-state index >= 15 is 0 Å². The Balaban J connectivity index is 0.00000192. The molecule has 1 saturated heterocycles. The van der Waals surface area contributed by atoms with Gasteiger partial charge in [0.1, 0.15) is 0 Å². The Labute approximate surface area is 143 Å². The number of amides is 2. The molecule has 23 heavy (non-hydrogen) atoms. The molecule has 1 aromatic rings. The zero-order valence-electron chi connectivity index (χ0n) is 13.5. The first-order chi connectivity index (χ1) is 10.7. The van der Waals surface area contributed by atoms with E-state index < -0.39 is 0 Å². The smallest absolute Gasteiger partial charge is 0.227 e. The molecule has 126 valence electrons. The van der Waals surface area contributed by atoms with Gasteiger partial charge in [0, 0.05) is 50.7 Å².